The van der Waals surface area contributed by atoms with Crippen LogP contribution < -0.4 is 10.1 Å². The van der Waals surface area contributed by atoms with E-state index in [1.807, 2.05) is 0 Å². The summed E-state index contributed by atoms with van der Waals surface area (Å²) in [5, 5.41) is 13.1. The zero-order valence-corrected chi connectivity index (χ0v) is 15.7. The molecule has 0 bridgehead atoms. The Kier molecular flexibility index (Phi) is 5.41. The largest absolute Gasteiger partial charge is 0.496 e. The number of hydrogen-bond acceptors (Lipinski definition) is 6. The highest BCUT2D eigenvalue weighted by molar-refractivity contribution is 5.96. The van der Waals surface area contributed by atoms with E-state index in [9.17, 15) is 14.4 Å². The second-order valence-corrected chi connectivity index (χ2v) is 6.16. The molecule has 1 heterocycles. The van der Waals surface area contributed by atoms with Crippen LogP contribution in [0.3, 0.4) is 0 Å². The van der Waals surface area contributed by atoms with E-state index in [0.717, 1.165) is 5.56 Å². The number of benzene rings is 2. The molecule has 28 heavy (non-hydrogen) atoms. The van der Waals surface area contributed by atoms with Gasteiger partial charge in [-0.25, -0.2) is 9.18 Å². The molecule has 0 aliphatic rings. The second kappa shape index (κ2) is 7.92. The number of methoxy groups -OCH3 is 2. The number of nitrogens with one attached hydrogen (secondary N) is 1. The lowest BCUT2D eigenvalue weighted by Crippen LogP contribution is -2.08. The predicted molar refractivity (Wildman–Crippen MR) is 103 cm³/mol. The molecule has 0 aliphatic carbocycles. The number of nitrogens with zero attached hydrogens (tertiary/aromatic N) is 2. The van der Waals surface area contributed by atoms with Crippen LogP contribution in [0.2, 0.25) is 0 Å². The molecule has 142 valence electrons. The van der Waals surface area contributed by atoms with Crippen LogP contribution >= 0.6 is 0 Å². The minimum Gasteiger partial charge on any atom is -0.496 e. The summed E-state index contributed by atoms with van der Waals surface area (Å²) < 4.78 is 23.9. The fraction of sp³-hybridized carbons (Fsp3) is 0.190. The quantitative estimate of drug-likeness (QED) is 0.676. The molecule has 0 unspecified atom stereocenters. The van der Waals surface area contributed by atoms with Gasteiger partial charge in [0.15, 0.2) is 0 Å². The minimum absolute atomic E-state index is 0.297. The maximum Gasteiger partial charge on any atom is 0.341 e. The maximum atomic E-state index is 13.9. The number of carbonyl (C=O) groups is 1. The van der Waals surface area contributed by atoms with Gasteiger partial charge in [0.05, 0.1) is 31.0 Å². The van der Waals surface area contributed by atoms with Crippen LogP contribution in [0.1, 0.15) is 27.0 Å². The lowest BCUT2D eigenvalue weighted by Gasteiger charge is -2.14. The molecule has 3 rings (SSSR count). The molecule has 7 heteroatoms. The first-order valence-electron chi connectivity index (χ1n) is 8.46. The second-order valence-electron chi connectivity index (χ2n) is 6.16. The molecule has 0 atom stereocenters. The molecule has 3 aromatic rings. The van der Waals surface area contributed by atoms with E-state index < -0.39 is 11.8 Å². The highest BCUT2D eigenvalue weighted by Crippen LogP contribution is 2.29. The zero-order valence-electron chi connectivity index (χ0n) is 15.7. The van der Waals surface area contributed by atoms with E-state index in [2.05, 4.69) is 16.4 Å². The van der Waals surface area contributed by atoms with Gasteiger partial charge in [0.2, 0.25) is 0 Å². The van der Waals surface area contributed by atoms with Gasteiger partial charge >= 0.3 is 5.97 Å². The first kappa shape index (κ1) is 19.1. The van der Waals surface area contributed by atoms with E-state index in [-0.39, 0.29) is 0 Å². The van der Waals surface area contributed by atoms with E-state index in [1.54, 1.807) is 25.1 Å². The molecule has 0 radical (unpaired) electrons. The van der Waals surface area contributed by atoms with Crippen LogP contribution in [-0.4, -0.2) is 25.2 Å². The third-order valence-electron chi connectivity index (χ3n) is 4.39. The summed E-state index contributed by atoms with van der Waals surface area (Å²) in [6.07, 6.45) is 1.46. The molecule has 2 aromatic carbocycles. The van der Waals surface area contributed by atoms with Crippen molar-refractivity contribution in [2.75, 3.05) is 19.5 Å². The Morgan fingerprint density at radius 1 is 1.29 bits per heavy atom. The third-order valence-corrected chi connectivity index (χ3v) is 4.39. The molecule has 0 saturated heterocycles. The van der Waals surface area contributed by atoms with Gasteiger partial charge < -0.3 is 14.8 Å². The van der Waals surface area contributed by atoms with Crippen LogP contribution in [0, 0.1) is 24.1 Å². The predicted octanol–water partition coefficient (Wildman–Crippen LogP) is 3.96. The number of carbonyl (C=O) groups excluding carboxylic acids is 1. The number of halogens is 1. The summed E-state index contributed by atoms with van der Waals surface area (Å²) in [5.41, 5.74) is 3.16. The zero-order chi connectivity index (χ0) is 20.3. The van der Waals surface area contributed by atoms with Gasteiger partial charge in [-0.05, 0) is 42.3 Å². The molecule has 0 saturated carbocycles. The number of aromatic nitrogens is 1. The van der Waals surface area contributed by atoms with Crippen LogP contribution in [-0.2, 0) is 11.3 Å². The van der Waals surface area contributed by atoms with Crippen LogP contribution in [0.5, 0.6) is 5.75 Å². The van der Waals surface area contributed by atoms with Crippen molar-refractivity contribution in [1.82, 2.24) is 4.98 Å². The lowest BCUT2D eigenvalue weighted by molar-refractivity contribution is 0.0597. The number of hydrogen-bond donors (Lipinski definition) is 1. The molecule has 0 aliphatic heterocycles. The van der Waals surface area contributed by atoms with E-state index in [1.165, 1.54) is 32.5 Å². The molecule has 6 nitrogen and oxygen atoms in total. The van der Waals surface area contributed by atoms with Crippen molar-refractivity contribution < 1.29 is 18.7 Å². The van der Waals surface area contributed by atoms with Gasteiger partial charge in [0.1, 0.15) is 23.2 Å². The summed E-state index contributed by atoms with van der Waals surface area (Å²) in [4.78, 5) is 16.2. The van der Waals surface area contributed by atoms with Crippen LogP contribution in [0.25, 0.3) is 10.9 Å². The normalized spacial score (nSPS) is 10.4. The number of anilines is 1. The van der Waals surface area contributed by atoms with Gasteiger partial charge in [-0.1, -0.05) is 6.07 Å². The highest BCUT2D eigenvalue weighted by Gasteiger charge is 2.15. The molecule has 1 N–H and O–H groups in total. The fourth-order valence-electron chi connectivity index (χ4n) is 3.04. The number of ether oxygens (including phenoxy) is 2. The monoisotopic (exact) mass is 379 g/mol. The van der Waals surface area contributed by atoms with Crippen molar-refractivity contribution in [3.63, 3.8) is 0 Å². The molecular formula is C21H18FN3O3. The van der Waals surface area contributed by atoms with Gasteiger partial charge in [0.25, 0.3) is 0 Å². The summed E-state index contributed by atoms with van der Waals surface area (Å²) in [6, 6.07) is 9.94. The van der Waals surface area contributed by atoms with Crippen molar-refractivity contribution in [3.8, 4) is 11.8 Å². The summed E-state index contributed by atoms with van der Waals surface area (Å²) >= 11 is 0. The van der Waals surface area contributed by atoms with Gasteiger partial charge in [0, 0.05) is 18.1 Å². The molecule has 0 amide bonds. The average Bonchev–Trinajstić information content (AvgIpc) is 2.70. The Morgan fingerprint density at radius 2 is 2.07 bits per heavy atom. The highest BCUT2D eigenvalue weighted by atomic mass is 19.1. The first-order chi connectivity index (χ1) is 13.5. The Balaban J connectivity index is 2.00. The van der Waals surface area contributed by atoms with Crippen molar-refractivity contribution in [2.24, 2.45) is 0 Å². The van der Waals surface area contributed by atoms with Crippen molar-refractivity contribution in [2.45, 2.75) is 13.5 Å². The van der Waals surface area contributed by atoms with Crippen molar-refractivity contribution >= 4 is 22.6 Å². The Morgan fingerprint density at radius 3 is 2.75 bits per heavy atom. The minimum atomic E-state index is -0.511. The SMILES string of the molecule is COC(=O)c1cc(CNc2c(C#N)cnc3c(C)cc(F)cc23)ccc1OC. The summed E-state index contributed by atoms with van der Waals surface area (Å²) in [5.74, 6) is -0.508. The number of nitriles is 1. The number of aryl methyl sites for hydroxylation is 1. The average molecular weight is 379 g/mol. The van der Waals surface area contributed by atoms with Crippen LogP contribution in [0.4, 0.5) is 10.1 Å². The van der Waals surface area contributed by atoms with Gasteiger partial charge in [-0.15, -0.1) is 0 Å². The standard InChI is InChI=1S/C21H18FN3O3/c1-12-6-15(22)8-17-19(12)25-11-14(9-23)20(17)24-10-13-4-5-18(27-2)16(7-13)21(26)28-3/h4-8,11H,10H2,1-3H3,(H,24,25). The van der Waals surface area contributed by atoms with Crippen molar-refractivity contribution in [3.05, 3.63) is 64.6 Å². The fourth-order valence-corrected chi connectivity index (χ4v) is 3.04. The van der Waals surface area contributed by atoms with Gasteiger partial charge in [-0.2, -0.15) is 5.26 Å². The lowest BCUT2D eigenvalue weighted by atomic mass is 10.1. The third kappa shape index (κ3) is 3.58. The molecule has 0 fully saturated rings. The van der Waals surface area contributed by atoms with E-state index in [0.29, 0.717) is 45.6 Å². The topological polar surface area (TPSA) is 84.2 Å². The Hall–Kier alpha value is -3.66. The number of pyridine rings is 1. The van der Waals surface area contributed by atoms with E-state index >= 15 is 0 Å². The molecular weight excluding hydrogens is 361 g/mol. The van der Waals surface area contributed by atoms with Crippen molar-refractivity contribution in [1.29, 1.82) is 5.26 Å². The summed E-state index contributed by atoms with van der Waals surface area (Å²) in [7, 11) is 2.77. The number of fused-ring (bicyclic) bond motifs is 1. The summed E-state index contributed by atoms with van der Waals surface area (Å²) in [6.45, 7) is 2.07. The smallest absolute Gasteiger partial charge is 0.341 e. The van der Waals surface area contributed by atoms with E-state index in [4.69, 9.17) is 9.47 Å². The maximum absolute atomic E-state index is 13.9. The molecule has 0 spiro atoms. The molecule has 1 aromatic heterocycles. The van der Waals surface area contributed by atoms with Gasteiger partial charge in [-0.3, -0.25) is 4.98 Å². The first-order valence-corrected chi connectivity index (χ1v) is 8.46. The Bertz CT molecular complexity index is 1110. The number of esters is 1. The number of rotatable bonds is 5. The Labute approximate surface area is 161 Å². The van der Waals surface area contributed by atoms with Crippen LogP contribution in [0.15, 0.2) is 36.5 Å².